The number of non-ortho nitro benzene ring substituents is 1. The van der Waals surface area contributed by atoms with Crippen LogP contribution < -0.4 is 5.32 Å². The van der Waals surface area contributed by atoms with E-state index < -0.39 is 21.6 Å². The largest absolute Gasteiger partial charge is 0.483 e. The number of nitro benzene ring substituents is 1. The zero-order valence-electron chi connectivity index (χ0n) is 16.9. The van der Waals surface area contributed by atoms with Crippen LogP contribution in [0.1, 0.15) is 5.76 Å². The highest BCUT2D eigenvalue weighted by molar-refractivity contribution is 5.97. The van der Waals surface area contributed by atoms with Crippen molar-refractivity contribution in [1.82, 2.24) is 5.32 Å². The zero-order valence-corrected chi connectivity index (χ0v) is 16.9. The van der Waals surface area contributed by atoms with Crippen LogP contribution >= 0.6 is 0 Å². The third-order valence-electron chi connectivity index (χ3n) is 4.35. The molecule has 11 nitrogen and oxygen atoms in total. The Morgan fingerprint density at radius 1 is 1.23 bits per heavy atom. The molecule has 11 heteroatoms. The van der Waals surface area contributed by atoms with Gasteiger partial charge in [-0.1, -0.05) is 0 Å². The molecule has 1 fully saturated rings. The summed E-state index contributed by atoms with van der Waals surface area (Å²) < 4.78 is 5.47. The molecule has 158 valence electrons. The fourth-order valence-corrected chi connectivity index (χ4v) is 2.68. The lowest BCUT2D eigenvalue weighted by molar-refractivity contribution is -1.04. The number of imide groups is 1. The van der Waals surface area contributed by atoms with Crippen molar-refractivity contribution in [2.45, 2.75) is 0 Å². The number of benzene rings is 1. The number of hydroxylamine groups is 2. The number of nitrogens with one attached hydrogen (secondary N) is 1. The number of urea groups is 1. The van der Waals surface area contributed by atoms with Crippen molar-refractivity contribution in [3.63, 3.8) is 0 Å². The van der Waals surface area contributed by atoms with Gasteiger partial charge in [-0.15, -0.1) is 0 Å². The molecule has 0 aliphatic carbocycles. The molecule has 1 N–H and O–H groups in total. The molecule has 0 bridgehead atoms. The molecule has 0 saturated carbocycles. The Morgan fingerprint density at radius 2 is 1.93 bits per heavy atom. The number of quaternary nitrogens is 2. The van der Waals surface area contributed by atoms with Crippen molar-refractivity contribution >= 4 is 23.8 Å². The standard InChI is InChI=1S/C19H22N5O6/c1-23(2,3)10-11-29-24(13-18(25)21-19(24)26)20-12-16-8-9-17(30-16)14-4-6-15(7-5-14)22(27)28/h4-9,12H,10-11,13H2,1-3H3/q+1/p+1. The van der Waals surface area contributed by atoms with Gasteiger partial charge in [0.1, 0.15) is 18.5 Å². The smallest absolute Gasteiger partial charge is 0.455 e. The Kier molecular flexibility index (Phi) is 5.78. The molecule has 1 aromatic heterocycles. The van der Waals surface area contributed by atoms with Crippen LogP contribution in [0.15, 0.2) is 45.9 Å². The van der Waals surface area contributed by atoms with E-state index >= 15 is 0 Å². The van der Waals surface area contributed by atoms with Gasteiger partial charge in [0.25, 0.3) is 11.6 Å². The quantitative estimate of drug-likeness (QED) is 0.230. The van der Waals surface area contributed by atoms with Crippen molar-refractivity contribution in [2.75, 3.05) is 40.8 Å². The molecule has 2 aromatic rings. The number of hydrogen-bond acceptors (Lipinski definition) is 7. The summed E-state index contributed by atoms with van der Waals surface area (Å²) in [5, 5.41) is 17.2. The number of nitrogens with zero attached hydrogens (tertiary/aromatic N) is 4. The van der Waals surface area contributed by atoms with Gasteiger partial charge in [-0.25, -0.2) is 10.1 Å². The van der Waals surface area contributed by atoms with Crippen molar-refractivity contribution in [3.8, 4) is 11.3 Å². The fourth-order valence-electron chi connectivity index (χ4n) is 2.68. The van der Waals surface area contributed by atoms with E-state index in [0.29, 0.717) is 28.1 Å². The topological polar surface area (TPSA) is 124 Å². The Morgan fingerprint density at radius 3 is 2.50 bits per heavy atom. The normalized spacial score (nSPS) is 19.4. The zero-order chi connectivity index (χ0) is 21.9. The maximum atomic E-state index is 12.3. The van der Waals surface area contributed by atoms with Crippen LogP contribution in [0.2, 0.25) is 0 Å². The molecular formula is C19H23N5O6+2. The van der Waals surface area contributed by atoms with Crippen LogP contribution in [-0.2, 0) is 9.63 Å². The van der Waals surface area contributed by atoms with E-state index in [0.717, 1.165) is 0 Å². The van der Waals surface area contributed by atoms with Crippen LogP contribution in [0.3, 0.4) is 0 Å². The summed E-state index contributed by atoms with van der Waals surface area (Å²) in [6.45, 7) is 0.568. The van der Waals surface area contributed by atoms with E-state index in [1.807, 2.05) is 21.1 Å². The SMILES string of the molecule is C[N+](C)(C)CCO[N+]1(N=Cc2ccc(-c3ccc([N+](=O)[O-])cc3)o2)CC(=O)NC1=O. The second-order valence-corrected chi connectivity index (χ2v) is 7.81. The third-order valence-corrected chi connectivity index (χ3v) is 4.35. The Labute approximate surface area is 172 Å². The molecule has 1 unspecified atom stereocenters. The molecule has 1 saturated heterocycles. The van der Waals surface area contributed by atoms with Crippen molar-refractivity contribution < 1.29 is 33.0 Å². The summed E-state index contributed by atoms with van der Waals surface area (Å²) in [4.78, 5) is 40.0. The third kappa shape index (κ3) is 4.95. The minimum atomic E-state index is -0.841. The lowest BCUT2D eigenvalue weighted by atomic mass is 10.1. The second kappa shape index (κ2) is 8.14. The summed E-state index contributed by atoms with van der Waals surface area (Å²) in [7, 11) is 5.94. The van der Waals surface area contributed by atoms with E-state index in [2.05, 4.69) is 10.4 Å². The minimum absolute atomic E-state index is 0.0192. The number of hydrogen-bond donors (Lipinski definition) is 1. The summed E-state index contributed by atoms with van der Waals surface area (Å²) in [6.07, 6.45) is 1.32. The first-order chi connectivity index (χ1) is 14.1. The number of carbonyl (C=O) groups is 2. The Balaban J connectivity index is 1.77. The first-order valence-corrected chi connectivity index (χ1v) is 9.16. The van der Waals surface area contributed by atoms with E-state index in [-0.39, 0.29) is 18.8 Å². The molecule has 30 heavy (non-hydrogen) atoms. The Hall–Kier alpha value is -3.41. The Bertz CT molecular complexity index is 992. The molecule has 3 amide bonds. The molecule has 3 rings (SSSR count). The van der Waals surface area contributed by atoms with Crippen LogP contribution in [-0.4, -0.2) is 73.2 Å². The van der Waals surface area contributed by atoms with Crippen LogP contribution in [0.25, 0.3) is 11.3 Å². The van der Waals surface area contributed by atoms with Gasteiger partial charge in [-0.2, -0.15) is 4.84 Å². The lowest BCUT2D eigenvalue weighted by Gasteiger charge is -2.25. The van der Waals surface area contributed by atoms with Gasteiger partial charge in [0.05, 0.1) is 26.1 Å². The molecule has 0 radical (unpaired) electrons. The molecule has 1 aliphatic rings. The van der Waals surface area contributed by atoms with Gasteiger partial charge < -0.3 is 8.90 Å². The van der Waals surface area contributed by atoms with Crippen molar-refractivity contribution in [2.24, 2.45) is 5.10 Å². The van der Waals surface area contributed by atoms with Crippen molar-refractivity contribution in [3.05, 3.63) is 52.3 Å². The maximum absolute atomic E-state index is 12.3. The summed E-state index contributed by atoms with van der Waals surface area (Å²) >= 11 is 0. The molecule has 2 heterocycles. The van der Waals surface area contributed by atoms with Crippen LogP contribution in [0, 0.1) is 10.1 Å². The highest BCUT2D eigenvalue weighted by Crippen LogP contribution is 2.24. The number of furan rings is 1. The number of rotatable bonds is 8. The van der Waals surface area contributed by atoms with Gasteiger partial charge in [0, 0.05) is 22.5 Å². The van der Waals surface area contributed by atoms with E-state index in [9.17, 15) is 19.7 Å². The highest BCUT2D eigenvalue weighted by Gasteiger charge is 2.51. The number of nitro groups is 1. The van der Waals surface area contributed by atoms with E-state index in [4.69, 9.17) is 9.25 Å². The van der Waals surface area contributed by atoms with E-state index in [1.165, 1.54) is 18.3 Å². The van der Waals surface area contributed by atoms with Crippen LogP contribution in [0.4, 0.5) is 10.5 Å². The van der Waals surface area contributed by atoms with Crippen molar-refractivity contribution in [1.29, 1.82) is 0 Å². The van der Waals surface area contributed by atoms with Gasteiger partial charge in [0.2, 0.25) is 6.54 Å². The molecular weight excluding hydrogens is 394 g/mol. The maximum Gasteiger partial charge on any atom is 0.483 e. The second-order valence-electron chi connectivity index (χ2n) is 7.81. The number of likely N-dealkylation sites (N-methyl/N-ethyl adjacent to an activating group) is 1. The molecule has 1 aromatic carbocycles. The molecule has 0 spiro atoms. The predicted octanol–water partition coefficient (Wildman–Crippen LogP) is 1.89. The first kappa shape index (κ1) is 21.3. The van der Waals surface area contributed by atoms with Gasteiger partial charge >= 0.3 is 6.03 Å². The van der Waals surface area contributed by atoms with Crippen LogP contribution in [0.5, 0.6) is 0 Å². The number of amides is 3. The average molecular weight is 417 g/mol. The summed E-state index contributed by atoms with van der Waals surface area (Å²) in [5.41, 5.74) is 0.631. The average Bonchev–Trinajstić information content (AvgIpc) is 3.24. The molecule has 1 aliphatic heterocycles. The summed E-state index contributed by atoms with van der Waals surface area (Å²) in [6, 6.07) is 8.57. The van der Waals surface area contributed by atoms with Gasteiger partial charge in [-0.05, 0) is 29.4 Å². The number of carbonyl (C=O) groups excluding carboxylic acids is 2. The summed E-state index contributed by atoms with van der Waals surface area (Å²) in [5.74, 6) is 0.336. The minimum Gasteiger partial charge on any atom is -0.455 e. The molecule has 1 atom stereocenters. The predicted molar refractivity (Wildman–Crippen MR) is 106 cm³/mol. The van der Waals surface area contributed by atoms with Gasteiger partial charge in [0.15, 0.2) is 12.4 Å². The van der Waals surface area contributed by atoms with E-state index in [1.54, 1.807) is 24.3 Å². The fraction of sp³-hybridized carbons (Fsp3) is 0.316. The lowest BCUT2D eigenvalue weighted by Crippen LogP contribution is -2.48. The monoisotopic (exact) mass is 417 g/mol. The first-order valence-electron chi connectivity index (χ1n) is 9.16. The van der Waals surface area contributed by atoms with Gasteiger partial charge in [-0.3, -0.25) is 14.9 Å². The highest BCUT2D eigenvalue weighted by atomic mass is 16.8.